The van der Waals surface area contributed by atoms with Crippen LogP contribution in [0.4, 0.5) is 0 Å². The maximum absolute atomic E-state index is 12.3. The molecule has 0 atom stereocenters. The Labute approximate surface area is 136 Å². The van der Waals surface area contributed by atoms with Gasteiger partial charge in [0.1, 0.15) is 5.70 Å². The molecule has 1 heterocycles. The predicted octanol–water partition coefficient (Wildman–Crippen LogP) is 2.58. The Hall–Kier alpha value is -1.60. The lowest BCUT2D eigenvalue weighted by Gasteiger charge is -2.13. The lowest BCUT2D eigenvalue weighted by Crippen LogP contribution is -2.30. The van der Waals surface area contributed by atoms with E-state index in [4.69, 9.17) is 17.0 Å². The van der Waals surface area contributed by atoms with Gasteiger partial charge in [0.05, 0.1) is 11.6 Å². The van der Waals surface area contributed by atoms with Crippen LogP contribution in [0.25, 0.3) is 6.08 Å². The number of benzene rings is 1. The molecule has 0 unspecified atom stereocenters. The van der Waals surface area contributed by atoms with E-state index < -0.39 is 0 Å². The van der Waals surface area contributed by atoms with Gasteiger partial charge in [-0.3, -0.25) is 9.69 Å². The Bertz CT molecular complexity index is 645. The van der Waals surface area contributed by atoms with Gasteiger partial charge >= 0.3 is 0 Å². The fourth-order valence-electron chi connectivity index (χ4n) is 2.08. The van der Waals surface area contributed by atoms with Gasteiger partial charge in [0, 0.05) is 13.6 Å². The number of carbonyl (C=O) groups is 1. The third-order valence-corrected chi connectivity index (χ3v) is 4.33. The average molecular weight is 371 g/mol. The summed E-state index contributed by atoms with van der Waals surface area (Å²) in [5.74, 6) is 0.226. The second-order valence-electron chi connectivity index (χ2n) is 4.47. The molecule has 0 saturated carbocycles. The van der Waals surface area contributed by atoms with Gasteiger partial charge in [0.25, 0.3) is 5.91 Å². The van der Waals surface area contributed by atoms with E-state index in [1.54, 1.807) is 30.2 Å². The van der Waals surface area contributed by atoms with Crippen LogP contribution in [0, 0.1) is 0 Å². The molecular weight excluding hydrogens is 356 g/mol. The van der Waals surface area contributed by atoms with Gasteiger partial charge in [-0.1, -0.05) is 0 Å². The van der Waals surface area contributed by atoms with Crippen molar-refractivity contribution in [3.63, 3.8) is 0 Å². The topological polar surface area (TPSA) is 53.0 Å². The number of rotatable bonds is 3. The zero-order valence-electron chi connectivity index (χ0n) is 11.9. The van der Waals surface area contributed by atoms with E-state index in [1.807, 2.05) is 6.92 Å². The number of hydrogen-bond acceptors (Lipinski definition) is 4. The lowest BCUT2D eigenvalue weighted by atomic mass is 10.1. The number of halogens is 1. The van der Waals surface area contributed by atoms with Crippen LogP contribution >= 0.6 is 28.1 Å². The molecule has 2 rings (SSSR count). The summed E-state index contributed by atoms with van der Waals surface area (Å²) < 4.78 is 5.60. The van der Waals surface area contributed by atoms with Crippen molar-refractivity contribution in [2.45, 2.75) is 6.92 Å². The maximum Gasteiger partial charge on any atom is 0.276 e. The minimum Gasteiger partial charge on any atom is -0.503 e. The maximum atomic E-state index is 12.3. The van der Waals surface area contributed by atoms with Crippen molar-refractivity contribution in [3.8, 4) is 11.5 Å². The number of amides is 1. The van der Waals surface area contributed by atoms with Crippen LogP contribution in [0.2, 0.25) is 0 Å². The van der Waals surface area contributed by atoms with Crippen molar-refractivity contribution < 1.29 is 14.6 Å². The largest absolute Gasteiger partial charge is 0.503 e. The molecule has 1 aromatic rings. The van der Waals surface area contributed by atoms with Gasteiger partial charge < -0.3 is 14.7 Å². The van der Waals surface area contributed by atoms with E-state index in [0.29, 0.717) is 27.6 Å². The molecule has 1 aliphatic rings. The number of thiocarbonyl (C=S) groups is 1. The first kappa shape index (κ1) is 15.8. The Morgan fingerprint density at radius 1 is 1.48 bits per heavy atom. The Balaban J connectivity index is 2.47. The number of phenols is 1. The number of ether oxygens (including phenoxy) is 1. The third-order valence-electron chi connectivity index (χ3n) is 3.23. The lowest BCUT2D eigenvalue weighted by molar-refractivity contribution is -0.122. The molecule has 0 spiro atoms. The van der Waals surface area contributed by atoms with Gasteiger partial charge in [-0.2, -0.15) is 0 Å². The smallest absolute Gasteiger partial charge is 0.276 e. The molecule has 1 aliphatic heterocycles. The second-order valence-corrected chi connectivity index (χ2v) is 5.69. The normalized spacial score (nSPS) is 17.0. The molecule has 1 N–H and O–H groups in total. The fraction of sp³-hybridized carbons (Fsp3) is 0.286. The zero-order valence-corrected chi connectivity index (χ0v) is 14.3. The highest BCUT2D eigenvalue weighted by atomic mass is 79.9. The minimum atomic E-state index is -0.131. The molecule has 7 heteroatoms. The molecule has 1 saturated heterocycles. The summed E-state index contributed by atoms with van der Waals surface area (Å²) in [6, 6.07) is 3.37. The van der Waals surface area contributed by atoms with E-state index in [-0.39, 0.29) is 11.7 Å². The van der Waals surface area contributed by atoms with E-state index >= 15 is 0 Å². The number of hydrogen-bond donors (Lipinski definition) is 1. The molecule has 112 valence electrons. The van der Waals surface area contributed by atoms with E-state index in [2.05, 4.69) is 15.9 Å². The highest BCUT2D eigenvalue weighted by molar-refractivity contribution is 9.10. The van der Waals surface area contributed by atoms with Gasteiger partial charge in [-0.15, -0.1) is 0 Å². The number of likely N-dealkylation sites (N-methyl/N-ethyl adjacent to an activating group) is 2. The van der Waals surface area contributed by atoms with E-state index in [0.717, 1.165) is 5.56 Å². The van der Waals surface area contributed by atoms with E-state index in [9.17, 15) is 9.90 Å². The molecule has 0 aromatic heterocycles. The number of aromatic hydroxyl groups is 1. The van der Waals surface area contributed by atoms with Crippen LogP contribution < -0.4 is 4.74 Å². The molecule has 0 bridgehead atoms. The van der Waals surface area contributed by atoms with Gasteiger partial charge in [-0.25, -0.2) is 0 Å². The van der Waals surface area contributed by atoms with Gasteiger partial charge in [0.2, 0.25) is 0 Å². The number of nitrogens with zero attached hydrogens (tertiary/aromatic N) is 2. The summed E-state index contributed by atoms with van der Waals surface area (Å²) >= 11 is 8.50. The predicted molar refractivity (Wildman–Crippen MR) is 88.1 cm³/mol. The molecule has 0 radical (unpaired) electrons. The SMILES string of the molecule is CCN1C(=O)C(=Cc2cc(Br)c(O)c(OC)c2)N(C)C1=S. The Morgan fingerprint density at radius 3 is 2.67 bits per heavy atom. The summed E-state index contributed by atoms with van der Waals surface area (Å²) in [6.45, 7) is 2.41. The quantitative estimate of drug-likeness (QED) is 0.654. The summed E-state index contributed by atoms with van der Waals surface area (Å²) in [5.41, 5.74) is 1.22. The van der Waals surface area contributed by atoms with Crippen molar-refractivity contribution >= 4 is 45.2 Å². The molecular formula is C14H15BrN2O3S. The Morgan fingerprint density at radius 2 is 2.14 bits per heavy atom. The van der Waals surface area contributed by atoms with Crippen LogP contribution in [-0.2, 0) is 4.79 Å². The second kappa shape index (κ2) is 6.03. The van der Waals surface area contributed by atoms with Crippen LogP contribution in [0.1, 0.15) is 12.5 Å². The van der Waals surface area contributed by atoms with Gasteiger partial charge in [-0.05, 0) is 58.8 Å². The molecule has 0 aliphatic carbocycles. The van der Waals surface area contributed by atoms with Crippen molar-refractivity contribution in [1.29, 1.82) is 0 Å². The van der Waals surface area contributed by atoms with Crippen molar-refractivity contribution in [1.82, 2.24) is 9.80 Å². The monoisotopic (exact) mass is 370 g/mol. The Kier molecular flexibility index (Phi) is 4.53. The summed E-state index contributed by atoms with van der Waals surface area (Å²) in [6.07, 6.45) is 1.72. The fourth-order valence-corrected chi connectivity index (χ4v) is 2.85. The third kappa shape index (κ3) is 2.75. The van der Waals surface area contributed by atoms with Crippen LogP contribution in [-0.4, -0.2) is 46.6 Å². The van der Waals surface area contributed by atoms with Crippen LogP contribution in [0.15, 0.2) is 22.3 Å². The van der Waals surface area contributed by atoms with Crippen LogP contribution in [0.5, 0.6) is 11.5 Å². The first-order valence-corrected chi connectivity index (χ1v) is 7.48. The molecule has 1 fully saturated rings. The first-order chi connectivity index (χ1) is 9.90. The van der Waals surface area contributed by atoms with Crippen molar-refractivity contribution in [3.05, 3.63) is 27.9 Å². The summed E-state index contributed by atoms with van der Waals surface area (Å²) in [5, 5.41) is 10.3. The van der Waals surface area contributed by atoms with E-state index in [1.165, 1.54) is 12.0 Å². The van der Waals surface area contributed by atoms with Crippen molar-refractivity contribution in [2.75, 3.05) is 20.7 Å². The van der Waals surface area contributed by atoms with Crippen molar-refractivity contribution in [2.24, 2.45) is 0 Å². The average Bonchev–Trinajstić information content (AvgIpc) is 2.66. The molecule has 1 amide bonds. The first-order valence-electron chi connectivity index (χ1n) is 6.28. The summed E-state index contributed by atoms with van der Waals surface area (Å²) in [7, 11) is 3.23. The summed E-state index contributed by atoms with van der Waals surface area (Å²) in [4.78, 5) is 15.5. The standard InChI is InChI=1S/C14H15BrN2O3S/c1-4-17-13(19)10(16(2)14(17)21)6-8-5-9(15)12(18)11(7-8)20-3/h5-7,18H,4H2,1-3H3. The highest BCUT2D eigenvalue weighted by Gasteiger charge is 2.34. The number of phenolic OH excluding ortho intramolecular Hbond substituents is 1. The zero-order chi connectivity index (χ0) is 15.7. The minimum absolute atomic E-state index is 0.0245. The van der Waals surface area contributed by atoms with Gasteiger partial charge in [0.15, 0.2) is 16.6 Å². The van der Waals surface area contributed by atoms with Crippen LogP contribution in [0.3, 0.4) is 0 Å². The molecule has 21 heavy (non-hydrogen) atoms. The highest BCUT2D eigenvalue weighted by Crippen LogP contribution is 2.36. The molecule has 1 aromatic carbocycles. The number of methoxy groups -OCH3 is 1. The number of carbonyl (C=O) groups excluding carboxylic acids is 1. The molecule has 5 nitrogen and oxygen atoms in total.